The summed E-state index contributed by atoms with van der Waals surface area (Å²) >= 11 is 0. The predicted octanol–water partition coefficient (Wildman–Crippen LogP) is 1.85. The number of carbonyl (C=O) groups is 3. The number of methoxy groups -OCH3 is 1. The SMILES string of the molecule is CCOC(=O)c1cc(C(C)=O)cc(C(=O)OC)c1. The Morgan fingerprint density at radius 3 is 1.94 bits per heavy atom. The Kier molecular flexibility index (Phi) is 4.59. The molecule has 1 aromatic carbocycles. The highest BCUT2D eigenvalue weighted by Crippen LogP contribution is 2.13. The third-order valence-corrected chi connectivity index (χ3v) is 2.27. The van der Waals surface area contributed by atoms with Gasteiger partial charge in [-0.2, -0.15) is 0 Å². The summed E-state index contributed by atoms with van der Waals surface area (Å²) < 4.78 is 9.39. The second-order valence-electron chi connectivity index (χ2n) is 3.57. The van der Waals surface area contributed by atoms with E-state index in [0.29, 0.717) is 0 Å². The van der Waals surface area contributed by atoms with Gasteiger partial charge in [-0.05, 0) is 32.0 Å². The van der Waals surface area contributed by atoms with E-state index in [-0.39, 0.29) is 29.1 Å². The highest BCUT2D eigenvalue weighted by molar-refractivity contribution is 6.02. The zero-order chi connectivity index (χ0) is 13.7. The lowest BCUT2D eigenvalue weighted by atomic mass is 10.0. The summed E-state index contributed by atoms with van der Waals surface area (Å²) in [6.07, 6.45) is 0. The van der Waals surface area contributed by atoms with Gasteiger partial charge in [0.15, 0.2) is 5.78 Å². The molecule has 5 heteroatoms. The van der Waals surface area contributed by atoms with Crippen LogP contribution in [0.1, 0.15) is 44.9 Å². The van der Waals surface area contributed by atoms with E-state index >= 15 is 0 Å². The normalized spacial score (nSPS) is 9.72. The maximum atomic E-state index is 11.6. The van der Waals surface area contributed by atoms with Crippen LogP contribution in [0.4, 0.5) is 0 Å². The molecule has 0 spiro atoms. The second kappa shape index (κ2) is 5.95. The zero-order valence-corrected chi connectivity index (χ0v) is 10.5. The number of hydrogen-bond donors (Lipinski definition) is 0. The molecule has 0 amide bonds. The van der Waals surface area contributed by atoms with Gasteiger partial charge < -0.3 is 9.47 Å². The number of ketones is 1. The van der Waals surface area contributed by atoms with Gasteiger partial charge in [-0.15, -0.1) is 0 Å². The van der Waals surface area contributed by atoms with Crippen LogP contribution in [0, 0.1) is 0 Å². The number of hydrogen-bond acceptors (Lipinski definition) is 5. The van der Waals surface area contributed by atoms with Crippen molar-refractivity contribution in [3.8, 4) is 0 Å². The largest absolute Gasteiger partial charge is 0.465 e. The predicted molar refractivity (Wildman–Crippen MR) is 63.7 cm³/mol. The smallest absolute Gasteiger partial charge is 0.338 e. The summed E-state index contributed by atoms with van der Waals surface area (Å²) in [6.45, 7) is 3.25. The summed E-state index contributed by atoms with van der Waals surface area (Å²) in [5.74, 6) is -1.43. The fourth-order valence-corrected chi connectivity index (χ4v) is 1.40. The van der Waals surface area contributed by atoms with Gasteiger partial charge in [0.1, 0.15) is 0 Å². The van der Waals surface area contributed by atoms with Gasteiger partial charge in [-0.3, -0.25) is 4.79 Å². The summed E-state index contributed by atoms with van der Waals surface area (Å²) in [5, 5.41) is 0. The highest BCUT2D eigenvalue weighted by atomic mass is 16.5. The molecule has 0 aromatic heterocycles. The van der Waals surface area contributed by atoms with Crippen LogP contribution >= 0.6 is 0 Å². The minimum atomic E-state index is -0.608. The monoisotopic (exact) mass is 250 g/mol. The number of carbonyl (C=O) groups excluding carboxylic acids is 3. The highest BCUT2D eigenvalue weighted by Gasteiger charge is 2.15. The molecule has 0 aliphatic rings. The Morgan fingerprint density at radius 2 is 1.50 bits per heavy atom. The van der Waals surface area contributed by atoms with Gasteiger partial charge in [0.05, 0.1) is 24.8 Å². The zero-order valence-electron chi connectivity index (χ0n) is 10.5. The Bertz CT molecular complexity index is 490. The van der Waals surface area contributed by atoms with Crippen molar-refractivity contribution in [2.24, 2.45) is 0 Å². The Labute approximate surface area is 105 Å². The van der Waals surface area contributed by atoms with Gasteiger partial charge >= 0.3 is 11.9 Å². The van der Waals surface area contributed by atoms with Gasteiger partial charge in [-0.25, -0.2) is 9.59 Å². The van der Waals surface area contributed by atoms with E-state index in [4.69, 9.17) is 4.74 Å². The molecule has 1 aromatic rings. The van der Waals surface area contributed by atoms with Crippen LogP contribution in [-0.2, 0) is 9.47 Å². The Morgan fingerprint density at radius 1 is 1.00 bits per heavy atom. The lowest BCUT2D eigenvalue weighted by Crippen LogP contribution is -2.10. The van der Waals surface area contributed by atoms with E-state index in [0.717, 1.165) is 0 Å². The number of benzene rings is 1. The van der Waals surface area contributed by atoms with E-state index in [2.05, 4.69) is 4.74 Å². The van der Waals surface area contributed by atoms with Crippen LogP contribution in [-0.4, -0.2) is 31.4 Å². The number of ether oxygens (including phenoxy) is 2. The van der Waals surface area contributed by atoms with Crippen LogP contribution in [0.15, 0.2) is 18.2 Å². The average molecular weight is 250 g/mol. The molecule has 0 N–H and O–H groups in total. The molecule has 0 atom stereocenters. The molecule has 0 aliphatic heterocycles. The summed E-state index contributed by atoms with van der Waals surface area (Å²) in [6, 6.07) is 4.12. The number of esters is 2. The Balaban J connectivity index is 3.26. The molecule has 0 heterocycles. The second-order valence-corrected chi connectivity index (χ2v) is 3.57. The van der Waals surface area contributed by atoms with Gasteiger partial charge in [-0.1, -0.05) is 0 Å². The molecule has 96 valence electrons. The molecular weight excluding hydrogens is 236 g/mol. The first-order valence-corrected chi connectivity index (χ1v) is 5.41. The van der Waals surface area contributed by atoms with Crippen LogP contribution in [0.2, 0.25) is 0 Å². The van der Waals surface area contributed by atoms with Crippen LogP contribution in [0.25, 0.3) is 0 Å². The quantitative estimate of drug-likeness (QED) is 0.602. The van der Waals surface area contributed by atoms with Crippen molar-refractivity contribution in [2.45, 2.75) is 13.8 Å². The number of Topliss-reactive ketones (excluding diaryl/α,β-unsaturated/α-hetero) is 1. The molecule has 5 nitrogen and oxygen atoms in total. The molecule has 0 radical (unpaired) electrons. The minimum Gasteiger partial charge on any atom is -0.465 e. The molecule has 0 bridgehead atoms. The van der Waals surface area contributed by atoms with Crippen molar-refractivity contribution in [1.29, 1.82) is 0 Å². The van der Waals surface area contributed by atoms with Crippen LogP contribution in [0.3, 0.4) is 0 Å². The molecular formula is C13H14O5. The van der Waals surface area contributed by atoms with Gasteiger partial charge in [0.25, 0.3) is 0 Å². The third-order valence-electron chi connectivity index (χ3n) is 2.27. The molecule has 0 aliphatic carbocycles. The van der Waals surface area contributed by atoms with Crippen LogP contribution in [0.5, 0.6) is 0 Å². The molecule has 0 fully saturated rings. The standard InChI is InChI=1S/C13H14O5/c1-4-18-13(16)11-6-9(8(2)14)5-10(7-11)12(15)17-3/h5-7H,4H2,1-3H3. The van der Waals surface area contributed by atoms with E-state index in [1.54, 1.807) is 6.92 Å². The van der Waals surface area contributed by atoms with Crippen LogP contribution < -0.4 is 0 Å². The summed E-state index contributed by atoms with van der Waals surface area (Å²) in [5.41, 5.74) is 0.569. The van der Waals surface area contributed by atoms with Gasteiger partial charge in [0, 0.05) is 5.56 Å². The van der Waals surface area contributed by atoms with Crippen molar-refractivity contribution in [2.75, 3.05) is 13.7 Å². The first-order chi connectivity index (χ1) is 8.49. The average Bonchev–Trinajstić information content (AvgIpc) is 2.37. The molecule has 0 saturated heterocycles. The van der Waals surface area contributed by atoms with E-state index < -0.39 is 11.9 Å². The van der Waals surface area contributed by atoms with E-state index in [1.165, 1.54) is 32.2 Å². The maximum Gasteiger partial charge on any atom is 0.338 e. The number of rotatable bonds is 4. The van der Waals surface area contributed by atoms with E-state index in [9.17, 15) is 14.4 Å². The lowest BCUT2D eigenvalue weighted by Gasteiger charge is -2.06. The summed E-state index contributed by atoms with van der Waals surface area (Å²) in [4.78, 5) is 34.4. The molecule has 0 saturated carbocycles. The third kappa shape index (κ3) is 3.16. The van der Waals surface area contributed by atoms with Crippen molar-refractivity contribution in [3.05, 3.63) is 34.9 Å². The maximum absolute atomic E-state index is 11.6. The van der Waals surface area contributed by atoms with Crippen molar-refractivity contribution in [1.82, 2.24) is 0 Å². The fraction of sp³-hybridized carbons (Fsp3) is 0.308. The molecule has 18 heavy (non-hydrogen) atoms. The molecule has 1 rings (SSSR count). The first-order valence-electron chi connectivity index (χ1n) is 5.41. The fourth-order valence-electron chi connectivity index (χ4n) is 1.40. The van der Waals surface area contributed by atoms with Crippen molar-refractivity contribution >= 4 is 17.7 Å². The van der Waals surface area contributed by atoms with Crippen molar-refractivity contribution < 1.29 is 23.9 Å². The lowest BCUT2D eigenvalue weighted by molar-refractivity contribution is 0.0526. The Hall–Kier alpha value is -2.17. The molecule has 0 unspecified atom stereocenters. The van der Waals surface area contributed by atoms with Gasteiger partial charge in [0.2, 0.25) is 0 Å². The topological polar surface area (TPSA) is 69.7 Å². The van der Waals surface area contributed by atoms with E-state index in [1.807, 2.05) is 0 Å². The summed E-state index contributed by atoms with van der Waals surface area (Å²) in [7, 11) is 1.23. The minimum absolute atomic E-state index is 0.147. The first kappa shape index (κ1) is 13.9. The van der Waals surface area contributed by atoms with Crippen molar-refractivity contribution in [3.63, 3.8) is 0 Å².